The van der Waals surface area contributed by atoms with Crippen molar-refractivity contribution in [2.45, 2.75) is 26.9 Å². The molecule has 9 nitrogen and oxygen atoms in total. The first-order chi connectivity index (χ1) is 14.3. The Bertz CT molecular complexity index is 1060. The van der Waals surface area contributed by atoms with Gasteiger partial charge in [0.15, 0.2) is 12.4 Å². The molecule has 12 heteroatoms. The topological polar surface area (TPSA) is 131 Å². The zero-order chi connectivity index (χ0) is 23.5. The number of rotatable bonds is 8. The molecule has 31 heavy (non-hydrogen) atoms. The molecule has 2 rings (SSSR count). The molecule has 0 amide bonds. The summed E-state index contributed by atoms with van der Waals surface area (Å²) in [6.07, 6.45) is -4.76. The molecule has 0 bridgehead atoms. The molecular formula is C19H18F3N3O6. The molecule has 0 saturated heterocycles. The summed E-state index contributed by atoms with van der Waals surface area (Å²) in [7, 11) is 0. The summed E-state index contributed by atoms with van der Waals surface area (Å²) < 4.78 is 43.0. The number of carbonyl (C=O) groups excluding carboxylic acids is 3. The molecule has 0 unspecified atom stereocenters. The molecule has 0 aliphatic rings. The normalized spacial score (nSPS) is 11.2. The Hall–Kier alpha value is -3.70. The number of nitrogens with zero attached hydrogens (tertiary/aromatic N) is 1. The number of aromatic nitrogens is 1. The van der Waals surface area contributed by atoms with Crippen LogP contribution < -0.4 is 5.32 Å². The average molecular weight is 441 g/mol. The number of halogens is 3. The second-order valence-electron chi connectivity index (χ2n) is 6.61. The van der Waals surface area contributed by atoms with Crippen molar-refractivity contribution in [3.8, 4) is 0 Å². The number of esters is 1. The average Bonchev–Trinajstić information content (AvgIpc) is 2.97. The van der Waals surface area contributed by atoms with E-state index in [1.807, 2.05) is 0 Å². The minimum absolute atomic E-state index is 0.113. The fraction of sp³-hybridized carbons (Fsp3) is 0.316. The number of ketones is 2. The van der Waals surface area contributed by atoms with Crippen LogP contribution in [0.4, 0.5) is 24.5 Å². The number of ether oxygens (including phenoxy) is 1. The standard InChI is InChI=1S/C19H18F3N3O6/c1-9-17(11(3)26)10(2)24-18(9)15(27)8-31-16(28)7-23-13-5-4-12(19(20,21)22)6-14(13)25(29)30/h4-6,23-24H,7-8H2,1-3H3. The third-order valence-electron chi connectivity index (χ3n) is 4.38. The fourth-order valence-electron chi connectivity index (χ4n) is 3.00. The minimum atomic E-state index is -4.76. The molecule has 0 radical (unpaired) electrons. The molecule has 0 fully saturated rings. The van der Waals surface area contributed by atoms with E-state index in [0.29, 0.717) is 29.0 Å². The maximum Gasteiger partial charge on any atom is 0.416 e. The zero-order valence-corrected chi connectivity index (χ0v) is 16.7. The van der Waals surface area contributed by atoms with Crippen molar-refractivity contribution >= 4 is 28.9 Å². The Kier molecular flexibility index (Phi) is 6.83. The molecular weight excluding hydrogens is 423 g/mol. The van der Waals surface area contributed by atoms with Gasteiger partial charge in [-0.25, -0.2) is 0 Å². The number of aromatic amines is 1. The number of benzene rings is 1. The van der Waals surface area contributed by atoms with Crippen molar-refractivity contribution in [3.05, 3.63) is 56.4 Å². The van der Waals surface area contributed by atoms with Crippen LogP contribution >= 0.6 is 0 Å². The van der Waals surface area contributed by atoms with Gasteiger partial charge in [-0.15, -0.1) is 0 Å². The molecule has 2 N–H and O–H groups in total. The van der Waals surface area contributed by atoms with E-state index in [1.165, 1.54) is 6.92 Å². The van der Waals surface area contributed by atoms with Gasteiger partial charge in [0.1, 0.15) is 12.2 Å². The number of anilines is 1. The maximum absolute atomic E-state index is 12.7. The quantitative estimate of drug-likeness (QED) is 0.277. The van der Waals surface area contributed by atoms with Crippen LogP contribution in [0, 0.1) is 24.0 Å². The largest absolute Gasteiger partial charge is 0.456 e. The van der Waals surface area contributed by atoms with E-state index in [9.17, 15) is 37.7 Å². The van der Waals surface area contributed by atoms with E-state index in [-0.39, 0.29) is 17.2 Å². The molecule has 0 atom stereocenters. The minimum Gasteiger partial charge on any atom is -0.456 e. The zero-order valence-electron chi connectivity index (χ0n) is 16.7. The van der Waals surface area contributed by atoms with Crippen molar-refractivity contribution in [3.63, 3.8) is 0 Å². The number of hydrogen-bond acceptors (Lipinski definition) is 7. The van der Waals surface area contributed by atoms with Crippen molar-refractivity contribution in [1.29, 1.82) is 0 Å². The lowest BCUT2D eigenvalue weighted by Crippen LogP contribution is -2.21. The van der Waals surface area contributed by atoms with Gasteiger partial charge in [-0.1, -0.05) is 0 Å². The number of alkyl halides is 3. The van der Waals surface area contributed by atoms with Gasteiger partial charge in [0.25, 0.3) is 5.69 Å². The van der Waals surface area contributed by atoms with Gasteiger partial charge >= 0.3 is 12.1 Å². The highest BCUT2D eigenvalue weighted by molar-refractivity contribution is 6.04. The Labute approximate surface area is 173 Å². The lowest BCUT2D eigenvalue weighted by Gasteiger charge is -2.10. The maximum atomic E-state index is 12.7. The number of aryl methyl sites for hydroxylation is 1. The third kappa shape index (κ3) is 5.47. The summed E-state index contributed by atoms with van der Waals surface area (Å²) in [5, 5.41) is 13.4. The van der Waals surface area contributed by atoms with Gasteiger partial charge in [0.05, 0.1) is 16.2 Å². The smallest absolute Gasteiger partial charge is 0.416 e. The first-order valence-electron chi connectivity index (χ1n) is 8.81. The van der Waals surface area contributed by atoms with Crippen LogP contribution in [0.5, 0.6) is 0 Å². The molecule has 166 valence electrons. The predicted molar refractivity (Wildman–Crippen MR) is 102 cm³/mol. The van der Waals surface area contributed by atoms with Crippen LogP contribution in [-0.4, -0.2) is 40.6 Å². The van der Waals surface area contributed by atoms with E-state index < -0.39 is 47.3 Å². The number of hydrogen-bond donors (Lipinski definition) is 2. The monoisotopic (exact) mass is 441 g/mol. The Balaban J connectivity index is 2.02. The van der Waals surface area contributed by atoms with Crippen LogP contribution in [0.25, 0.3) is 0 Å². The van der Waals surface area contributed by atoms with Crippen LogP contribution in [0.15, 0.2) is 18.2 Å². The summed E-state index contributed by atoms with van der Waals surface area (Å²) in [4.78, 5) is 48.6. The van der Waals surface area contributed by atoms with E-state index in [0.717, 1.165) is 6.07 Å². The van der Waals surface area contributed by atoms with Crippen molar-refractivity contribution < 1.29 is 37.2 Å². The van der Waals surface area contributed by atoms with Crippen LogP contribution in [0.3, 0.4) is 0 Å². The summed E-state index contributed by atoms with van der Waals surface area (Å²) in [5.41, 5.74) is -0.996. The second kappa shape index (κ2) is 8.98. The SMILES string of the molecule is CC(=O)c1c(C)[nH]c(C(=O)COC(=O)CNc2ccc(C(F)(F)F)cc2[N+](=O)[O-])c1C. The Morgan fingerprint density at radius 3 is 2.39 bits per heavy atom. The summed E-state index contributed by atoms with van der Waals surface area (Å²) >= 11 is 0. The van der Waals surface area contributed by atoms with Crippen LogP contribution in [0.2, 0.25) is 0 Å². The number of nitro benzene ring substituents is 1. The van der Waals surface area contributed by atoms with Crippen molar-refractivity contribution in [1.82, 2.24) is 4.98 Å². The van der Waals surface area contributed by atoms with Crippen molar-refractivity contribution in [2.75, 3.05) is 18.5 Å². The van der Waals surface area contributed by atoms with Gasteiger partial charge in [0.2, 0.25) is 5.78 Å². The molecule has 2 aromatic rings. The highest BCUT2D eigenvalue weighted by Gasteiger charge is 2.33. The highest BCUT2D eigenvalue weighted by atomic mass is 19.4. The first-order valence-corrected chi connectivity index (χ1v) is 8.81. The highest BCUT2D eigenvalue weighted by Crippen LogP contribution is 2.34. The first kappa shape index (κ1) is 23.6. The number of Topliss-reactive ketones (excluding diaryl/α,β-unsaturated/α-hetero) is 2. The van der Waals surface area contributed by atoms with Gasteiger partial charge in [-0.3, -0.25) is 24.5 Å². The predicted octanol–water partition coefficient (Wildman–Crippen LogP) is 3.60. The van der Waals surface area contributed by atoms with Gasteiger partial charge in [-0.2, -0.15) is 13.2 Å². The Morgan fingerprint density at radius 1 is 1.23 bits per heavy atom. The summed E-state index contributed by atoms with van der Waals surface area (Å²) in [5.74, 6) is -1.79. The summed E-state index contributed by atoms with van der Waals surface area (Å²) in [6, 6.07) is 1.81. The number of nitro groups is 1. The molecule has 0 aliphatic carbocycles. The van der Waals surface area contributed by atoms with E-state index in [2.05, 4.69) is 10.3 Å². The van der Waals surface area contributed by atoms with E-state index >= 15 is 0 Å². The van der Waals surface area contributed by atoms with E-state index in [4.69, 9.17) is 4.74 Å². The number of nitrogens with one attached hydrogen (secondary N) is 2. The molecule has 1 aromatic heterocycles. The fourth-order valence-corrected chi connectivity index (χ4v) is 3.00. The van der Waals surface area contributed by atoms with Crippen LogP contribution in [-0.2, 0) is 15.7 Å². The molecule has 0 aliphatic heterocycles. The van der Waals surface area contributed by atoms with Gasteiger partial charge in [-0.05, 0) is 38.5 Å². The summed E-state index contributed by atoms with van der Waals surface area (Å²) in [6.45, 7) is 3.26. The number of carbonyl (C=O) groups is 3. The molecule has 1 aromatic carbocycles. The van der Waals surface area contributed by atoms with Crippen LogP contribution in [0.1, 0.15) is 44.6 Å². The third-order valence-corrected chi connectivity index (χ3v) is 4.38. The van der Waals surface area contributed by atoms with Crippen molar-refractivity contribution in [2.24, 2.45) is 0 Å². The van der Waals surface area contributed by atoms with Gasteiger partial charge < -0.3 is 15.0 Å². The molecule has 0 saturated carbocycles. The van der Waals surface area contributed by atoms with E-state index in [1.54, 1.807) is 13.8 Å². The lowest BCUT2D eigenvalue weighted by molar-refractivity contribution is -0.384. The number of H-pyrrole nitrogens is 1. The molecule has 1 heterocycles. The Morgan fingerprint density at radius 2 is 1.87 bits per heavy atom. The van der Waals surface area contributed by atoms with Gasteiger partial charge in [0, 0.05) is 17.3 Å². The lowest BCUT2D eigenvalue weighted by atomic mass is 10.1. The second-order valence-corrected chi connectivity index (χ2v) is 6.61. The molecule has 0 spiro atoms.